The van der Waals surface area contributed by atoms with E-state index in [-0.39, 0.29) is 36.7 Å². The van der Waals surface area contributed by atoms with Gasteiger partial charge in [-0.15, -0.1) is 12.4 Å². The molecule has 126 valence electrons. The molecule has 0 saturated heterocycles. The zero-order chi connectivity index (χ0) is 15.2. The molecular weight excluding hydrogens is 314 g/mol. The molecule has 1 fully saturated rings. The monoisotopic (exact) mass is 341 g/mol. The molecule has 1 unspecified atom stereocenters. The van der Waals surface area contributed by atoms with Gasteiger partial charge in [0, 0.05) is 19.6 Å². The number of sulfonamides is 1. The van der Waals surface area contributed by atoms with Gasteiger partial charge < -0.3 is 11.1 Å². The number of carbonyl (C=O) groups is 1. The molecule has 21 heavy (non-hydrogen) atoms. The minimum Gasteiger partial charge on any atom is -0.351 e. The quantitative estimate of drug-likeness (QED) is 0.713. The number of nitrogens with zero attached hydrogens (tertiary/aromatic N) is 1. The van der Waals surface area contributed by atoms with E-state index in [1.165, 1.54) is 26.3 Å². The molecule has 0 aliphatic heterocycles. The van der Waals surface area contributed by atoms with Crippen LogP contribution in [0.5, 0.6) is 0 Å². The summed E-state index contributed by atoms with van der Waals surface area (Å²) in [6.07, 6.45) is 5.79. The van der Waals surface area contributed by atoms with Gasteiger partial charge in [0.1, 0.15) is 0 Å². The Balaban J connectivity index is 0.00000400. The third kappa shape index (κ3) is 6.50. The van der Waals surface area contributed by atoms with E-state index in [2.05, 4.69) is 5.32 Å². The largest absolute Gasteiger partial charge is 0.351 e. The second-order valence-corrected chi connectivity index (χ2v) is 7.83. The van der Waals surface area contributed by atoms with Crippen LogP contribution in [0.15, 0.2) is 0 Å². The Hall–Kier alpha value is -0.370. The Kier molecular flexibility index (Phi) is 9.44. The number of rotatable bonds is 7. The van der Waals surface area contributed by atoms with Crippen LogP contribution in [0, 0.1) is 5.92 Å². The van der Waals surface area contributed by atoms with Crippen molar-refractivity contribution in [1.82, 2.24) is 9.62 Å². The van der Waals surface area contributed by atoms with Crippen molar-refractivity contribution in [3.8, 4) is 0 Å². The lowest BCUT2D eigenvalue weighted by Crippen LogP contribution is -2.49. The number of hydrogen-bond donors (Lipinski definition) is 2. The first-order valence-electron chi connectivity index (χ1n) is 7.34. The van der Waals surface area contributed by atoms with E-state index in [0.29, 0.717) is 12.5 Å². The van der Waals surface area contributed by atoms with Crippen LogP contribution in [-0.2, 0) is 14.8 Å². The third-order valence-electron chi connectivity index (χ3n) is 4.03. The van der Waals surface area contributed by atoms with Crippen LogP contribution in [0.3, 0.4) is 0 Å². The summed E-state index contributed by atoms with van der Waals surface area (Å²) in [6, 6.07) is -0.0412. The topological polar surface area (TPSA) is 92.5 Å². The Morgan fingerprint density at radius 3 is 2.38 bits per heavy atom. The predicted molar refractivity (Wildman–Crippen MR) is 86.9 cm³/mol. The number of nitrogens with one attached hydrogen (secondary N) is 1. The summed E-state index contributed by atoms with van der Waals surface area (Å²) >= 11 is 0. The minimum absolute atomic E-state index is 0. The molecule has 0 radical (unpaired) electrons. The van der Waals surface area contributed by atoms with E-state index in [9.17, 15) is 13.2 Å². The molecule has 6 nitrogen and oxygen atoms in total. The molecule has 1 aliphatic carbocycles. The summed E-state index contributed by atoms with van der Waals surface area (Å²) in [6.45, 7) is 1.83. The maximum atomic E-state index is 12.0. The molecule has 0 bridgehead atoms. The summed E-state index contributed by atoms with van der Waals surface area (Å²) in [7, 11) is -1.89. The Morgan fingerprint density at radius 1 is 1.33 bits per heavy atom. The summed E-state index contributed by atoms with van der Waals surface area (Å²) in [5.41, 5.74) is 5.75. The first-order chi connectivity index (χ1) is 9.40. The number of likely N-dealkylation sites (N-methyl/N-ethyl adjacent to an activating group) is 1. The summed E-state index contributed by atoms with van der Waals surface area (Å²) in [4.78, 5) is 12.0. The molecule has 1 saturated carbocycles. The molecule has 0 spiro atoms. The van der Waals surface area contributed by atoms with Crippen molar-refractivity contribution < 1.29 is 13.2 Å². The third-order valence-corrected chi connectivity index (χ3v) is 5.83. The maximum Gasteiger partial charge on any atom is 0.235 e. The number of halogens is 1. The number of amides is 1. The van der Waals surface area contributed by atoms with E-state index in [1.54, 1.807) is 6.92 Å². The average Bonchev–Trinajstić information content (AvgIpc) is 2.45. The number of carbonyl (C=O) groups excluding carboxylic acids is 1. The van der Waals surface area contributed by atoms with Crippen LogP contribution in [0.2, 0.25) is 0 Å². The first kappa shape index (κ1) is 20.6. The highest BCUT2D eigenvalue weighted by molar-refractivity contribution is 7.89. The van der Waals surface area contributed by atoms with Crippen molar-refractivity contribution in [3.63, 3.8) is 0 Å². The lowest BCUT2D eigenvalue weighted by molar-refractivity contribution is -0.122. The van der Waals surface area contributed by atoms with E-state index in [4.69, 9.17) is 5.73 Å². The predicted octanol–water partition coefficient (Wildman–Crippen LogP) is 0.714. The van der Waals surface area contributed by atoms with Crippen molar-refractivity contribution in [2.45, 2.75) is 45.1 Å². The zero-order valence-electron chi connectivity index (χ0n) is 12.9. The van der Waals surface area contributed by atoms with Gasteiger partial charge in [0.15, 0.2) is 0 Å². The molecule has 1 atom stereocenters. The van der Waals surface area contributed by atoms with Crippen molar-refractivity contribution in [1.29, 1.82) is 0 Å². The second-order valence-electron chi connectivity index (χ2n) is 5.46. The fourth-order valence-corrected chi connectivity index (χ4v) is 3.43. The van der Waals surface area contributed by atoms with Crippen molar-refractivity contribution in [3.05, 3.63) is 0 Å². The second kappa shape index (κ2) is 9.61. The van der Waals surface area contributed by atoms with E-state index < -0.39 is 10.0 Å². The van der Waals surface area contributed by atoms with Crippen molar-refractivity contribution in [2.75, 3.05) is 25.9 Å². The summed E-state index contributed by atoms with van der Waals surface area (Å²) < 4.78 is 24.3. The molecule has 0 aromatic carbocycles. The normalized spacial score (nSPS) is 18.1. The fourth-order valence-electron chi connectivity index (χ4n) is 2.68. The highest BCUT2D eigenvalue weighted by atomic mass is 35.5. The fraction of sp³-hybridized carbons (Fsp3) is 0.923. The lowest BCUT2D eigenvalue weighted by atomic mass is 9.84. The van der Waals surface area contributed by atoms with E-state index in [0.717, 1.165) is 17.1 Å². The van der Waals surface area contributed by atoms with Crippen LogP contribution in [0.25, 0.3) is 0 Å². The smallest absolute Gasteiger partial charge is 0.235 e. The minimum atomic E-state index is -3.32. The Morgan fingerprint density at radius 2 is 1.90 bits per heavy atom. The zero-order valence-corrected chi connectivity index (χ0v) is 14.5. The van der Waals surface area contributed by atoms with Gasteiger partial charge in [0.2, 0.25) is 15.9 Å². The summed E-state index contributed by atoms with van der Waals surface area (Å²) in [5.74, 6) is 0.149. The highest BCUT2D eigenvalue weighted by Gasteiger charge is 2.25. The van der Waals surface area contributed by atoms with Gasteiger partial charge >= 0.3 is 0 Å². The van der Waals surface area contributed by atoms with Crippen LogP contribution >= 0.6 is 12.4 Å². The molecular formula is C13H28ClN3O3S. The number of hydrogen-bond acceptors (Lipinski definition) is 4. The van der Waals surface area contributed by atoms with Crippen LogP contribution < -0.4 is 11.1 Å². The molecule has 1 amide bonds. The van der Waals surface area contributed by atoms with Gasteiger partial charge in [0.25, 0.3) is 0 Å². The lowest BCUT2D eigenvalue weighted by Gasteiger charge is -2.30. The van der Waals surface area contributed by atoms with Gasteiger partial charge in [-0.3, -0.25) is 4.79 Å². The van der Waals surface area contributed by atoms with Gasteiger partial charge in [-0.1, -0.05) is 19.3 Å². The van der Waals surface area contributed by atoms with Gasteiger partial charge in [-0.05, 0) is 25.7 Å². The number of nitrogens with two attached hydrogens (primary N) is 1. The van der Waals surface area contributed by atoms with E-state index in [1.807, 2.05) is 0 Å². The van der Waals surface area contributed by atoms with Crippen LogP contribution in [0.4, 0.5) is 0 Å². The molecule has 0 aromatic rings. The van der Waals surface area contributed by atoms with Crippen LogP contribution in [0.1, 0.15) is 39.0 Å². The van der Waals surface area contributed by atoms with Crippen molar-refractivity contribution >= 4 is 28.3 Å². The molecule has 1 aliphatic rings. The Labute approximate surface area is 134 Å². The SMILES string of the molecule is CCS(=O)(=O)N(C)CC(=O)NC(CN)C1CCCCC1.Cl. The molecule has 1 rings (SSSR count). The Bertz CT molecular complexity index is 411. The summed E-state index contributed by atoms with van der Waals surface area (Å²) in [5, 5.41) is 2.89. The van der Waals surface area contributed by atoms with Crippen molar-refractivity contribution in [2.24, 2.45) is 11.7 Å². The average molecular weight is 342 g/mol. The molecule has 3 N–H and O–H groups in total. The van der Waals surface area contributed by atoms with Crippen LogP contribution in [-0.4, -0.2) is 50.6 Å². The first-order valence-corrected chi connectivity index (χ1v) is 8.95. The van der Waals surface area contributed by atoms with E-state index >= 15 is 0 Å². The molecule has 0 aromatic heterocycles. The van der Waals surface area contributed by atoms with Gasteiger partial charge in [-0.2, -0.15) is 4.31 Å². The van der Waals surface area contributed by atoms with Gasteiger partial charge in [0.05, 0.1) is 12.3 Å². The van der Waals surface area contributed by atoms with Gasteiger partial charge in [-0.25, -0.2) is 8.42 Å². The highest BCUT2D eigenvalue weighted by Crippen LogP contribution is 2.26. The molecule has 8 heteroatoms. The maximum absolute atomic E-state index is 12.0. The standard InChI is InChI=1S/C13H27N3O3S.ClH/c1-3-20(18,19)16(2)10-13(17)15-12(9-14)11-7-5-4-6-8-11;/h11-12H,3-10,14H2,1-2H3,(H,15,17);1H. The molecule has 0 heterocycles.